The van der Waals surface area contributed by atoms with Crippen LogP contribution in [0.4, 0.5) is 5.95 Å². The number of anilines is 1. The summed E-state index contributed by atoms with van der Waals surface area (Å²) in [5, 5.41) is 3.23. The highest BCUT2D eigenvalue weighted by molar-refractivity contribution is 5.80. The number of benzene rings is 2. The zero-order chi connectivity index (χ0) is 21.2. The summed E-state index contributed by atoms with van der Waals surface area (Å²) in [5.41, 5.74) is 3.30. The maximum atomic E-state index is 12.6. The Labute approximate surface area is 183 Å². The first-order valence-electron chi connectivity index (χ1n) is 11.4. The van der Waals surface area contributed by atoms with Crippen LogP contribution < -0.4 is 15.0 Å². The molecule has 5 rings (SSSR count). The lowest BCUT2D eigenvalue weighted by Gasteiger charge is -2.23. The van der Waals surface area contributed by atoms with Gasteiger partial charge in [-0.3, -0.25) is 4.79 Å². The molecule has 0 unspecified atom stereocenters. The molecule has 2 fully saturated rings. The summed E-state index contributed by atoms with van der Waals surface area (Å²) >= 11 is 0. The van der Waals surface area contributed by atoms with E-state index in [-0.39, 0.29) is 11.9 Å². The van der Waals surface area contributed by atoms with Crippen molar-refractivity contribution >= 4 is 22.9 Å². The van der Waals surface area contributed by atoms with Crippen molar-refractivity contribution in [2.45, 2.75) is 50.6 Å². The van der Waals surface area contributed by atoms with Crippen LogP contribution in [0.1, 0.15) is 43.7 Å². The predicted molar refractivity (Wildman–Crippen MR) is 123 cm³/mol. The van der Waals surface area contributed by atoms with Gasteiger partial charge >= 0.3 is 0 Å². The SMILES string of the molecule is COc1ccc(CC(=O)N[C@H]2CCN(c3nc4ccccc4n3C3CCCC3)C2)cc1. The Kier molecular flexibility index (Phi) is 5.53. The first kappa shape index (κ1) is 19.9. The fraction of sp³-hybridized carbons (Fsp3) is 0.440. The van der Waals surface area contributed by atoms with Gasteiger partial charge in [-0.25, -0.2) is 4.98 Å². The van der Waals surface area contributed by atoms with Crippen LogP contribution in [0.15, 0.2) is 48.5 Å². The van der Waals surface area contributed by atoms with E-state index in [0.29, 0.717) is 12.5 Å². The van der Waals surface area contributed by atoms with Crippen molar-refractivity contribution in [3.05, 3.63) is 54.1 Å². The van der Waals surface area contributed by atoms with Crippen molar-refractivity contribution in [2.24, 2.45) is 0 Å². The molecule has 1 saturated heterocycles. The van der Waals surface area contributed by atoms with Gasteiger partial charge in [-0.05, 0) is 49.1 Å². The zero-order valence-electron chi connectivity index (χ0n) is 18.1. The van der Waals surface area contributed by atoms with Crippen LogP contribution in [0.2, 0.25) is 0 Å². The molecule has 1 amide bonds. The molecule has 31 heavy (non-hydrogen) atoms. The van der Waals surface area contributed by atoms with Crippen LogP contribution in [0, 0.1) is 0 Å². The largest absolute Gasteiger partial charge is 0.497 e. The van der Waals surface area contributed by atoms with Gasteiger partial charge in [0.05, 0.1) is 24.6 Å². The van der Waals surface area contributed by atoms with Crippen molar-refractivity contribution in [3.8, 4) is 5.75 Å². The number of nitrogens with one attached hydrogen (secondary N) is 1. The second-order valence-electron chi connectivity index (χ2n) is 8.73. The number of aromatic nitrogens is 2. The van der Waals surface area contributed by atoms with E-state index in [2.05, 4.69) is 39.0 Å². The molecule has 1 atom stereocenters. The first-order valence-corrected chi connectivity index (χ1v) is 11.4. The molecule has 0 radical (unpaired) electrons. The standard InChI is InChI=1S/C25H30N4O2/c1-31-21-12-10-18(11-13-21)16-24(30)26-19-14-15-28(17-19)25-27-22-8-4-5-9-23(22)29(25)20-6-2-3-7-20/h4-5,8-13,19-20H,2-3,6-7,14-17H2,1H3,(H,26,30)/t19-/m0/s1. The molecule has 2 aliphatic rings. The van der Waals surface area contributed by atoms with Gasteiger partial charge in [0.25, 0.3) is 0 Å². The fourth-order valence-corrected chi connectivity index (χ4v) is 5.04. The van der Waals surface area contributed by atoms with Gasteiger partial charge in [-0.2, -0.15) is 0 Å². The number of fused-ring (bicyclic) bond motifs is 1. The highest BCUT2D eigenvalue weighted by Crippen LogP contribution is 2.37. The average molecular weight is 419 g/mol. The summed E-state index contributed by atoms with van der Waals surface area (Å²) in [5.74, 6) is 1.95. The van der Waals surface area contributed by atoms with Gasteiger partial charge in [0.2, 0.25) is 11.9 Å². The molecule has 1 aliphatic heterocycles. The summed E-state index contributed by atoms with van der Waals surface area (Å²) in [6.45, 7) is 1.73. The lowest BCUT2D eigenvalue weighted by molar-refractivity contribution is -0.121. The minimum atomic E-state index is 0.0707. The summed E-state index contributed by atoms with van der Waals surface area (Å²) in [4.78, 5) is 20.0. The van der Waals surface area contributed by atoms with Crippen molar-refractivity contribution in [3.63, 3.8) is 0 Å². The summed E-state index contributed by atoms with van der Waals surface area (Å²) in [6, 6.07) is 16.8. The number of hydrogen-bond acceptors (Lipinski definition) is 4. The predicted octanol–water partition coefficient (Wildman–Crippen LogP) is 4.10. The first-order chi connectivity index (χ1) is 15.2. The number of rotatable bonds is 6. The number of carbonyl (C=O) groups excluding carboxylic acids is 1. The Morgan fingerprint density at radius 2 is 1.87 bits per heavy atom. The van der Waals surface area contributed by atoms with Crippen LogP contribution in [0.25, 0.3) is 11.0 Å². The molecule has 2 heterocycles. The Morgan fingerprint density at radius 3 is 2.65 bits per heavy atom. The second kappa shape index (κ2) is 8.61. The molecule has 1 aliphatic carbocycles. The van der Waals surface area contributed by atoms with Crippen LogP contribution in [-0.2, 0) is 11.2 Å². The maximum absolute atomic E-state index is 12.6. The summed E-state index contributed by atoms with van der Waals surface area (Å²) in [6.07, 6.45) is 6.37. The highest BCUT2D eigenvalue weighted by Gasteiger charge is 2.30. The molecule has 0 spiro atoms. The molecule has 1 aromatic heterocycles. The normalized spacial score (nSPS) is 19.3. The second-order valence-corrected chi connectivity index (χ2v) is 8.73. The third-order valence-electron chi connectivity index (χ3n) is 6.63. The lowest BCUT2D eigenvalue weighted by atomic mass is 10.1. The number of methoxy groups -OCH3 is 1. The molecule has 1 saturated carbocycles. The highest BCUT2D eigenvalue weighted by atomic mass is 16.5. The number of nitrogens with zero attached hydrogens (tertiary/aromatic N) is 3. The average Bonchev–Trinajstić information content (AvgIpc) is 3.53. The Hall–Kier alpha value is -3.02. The topological polar surface area (TPSA) is 59.4 Å². The smallest absolute Gasteiger partial charge is 0.224 e. The molecule has 6 heteroatoms. The van der Waals surface area contributed by atoms with Crippen LogP contribution in [0.5, 0.6) is 5.75 Å². The third kappa shape index (κ3) is 4.11. The van der Waals surface area contributed by atoms with Gasteiger partial charge in [-0.1, -0.05) is 37.1 Å². The Morgan fingerprint density at radius 1 is 1.10 bits per heavy atom. The van der Waals surface area contributed by atoms with E-state index in [1.807, 2.05) is 24.3 Å². The molecular weight excluding hydrogens is 388 g/mol. The molecule has 2 aromatic carbocycles. The number of para-hydroxylation sites is 2. The van der Waals surface area contributed by atoms with E-state index in [1.165, 1.54) is 31.2 Å². The number of ether oxygens (including phenoxy) is 1. The molecule has 3 aromatic rings. The number of carbonyl (C=O) groups is 1. The quantitative estimate of drug-likeness (QED) is 0.655. The number of imidazole rings is 1. The van der Waals surface area contributed by atoms with Crippen LogP contribution in [0.3, 0.4) is 0 Å². The van der Waals surface area contributed by atoms with Crippen molar-refractivity contribution in [1.29, 1.82) is 0 Å². The van der Waals surface area contributed by atoms with E-state index < -0.39 is 0 Å². The van der Waals surface area contributed by atoms with Gasteiger partial charge < -0.3 is 19.5 Å². The zero-order valence-corrected chi connectivity index (χ0v) is 18.1. The molecular formula is C25H30N4O2. The Balaban J connectivity index is 1.27. The third-order valence-corrected chi connectivity index (χ3v) is 6.63. The Bertz CT molecular complexity index is 1050. The van der Waals surface area contributed by atoms with Crippen molar-refractivity contribution in [1.82, 2.24) is 14.9 Å². The number of amides is 1. The summed E-state index contributed by atoms with van der Waals surface area (Å²) < 4.78 is 7.65. The lowest BCUT2D eigenvalue weighted by Crippen LogP contribution is -2.38. The van der Waals surface area contributed by atoms with Gasteiger partial charge in [0.1, 0.15) is 5.75 Å². The fourth-order valence-electron chi connectivity index (χ4n) is 5.04. The van der Waals surface area contributed by atoms with Crippen LogP contribution >= 0.6 is 0 Å². The van der Waals surface area contributed by atoms with Gasteiger partial charge in [0, 0.05) is 25.2 Å². The summed E-state index contributed by atoms with van der Waals surface area (Å²) in [7, 11) is 1.65. The molecule has 1 N–H and O–H groups in total. The van der Waals surface area contributed by atoms with E-state index in [9.17, 15) is 4.79 Å². The van der Waals surface area contributed by atoms with E-state index in [1.54, 1.807) is 7.11 Å². The van der Waals surface area contributed by atoms with Crippen molar-refractivity contribution < 1.29 is 9.53 Å². The molecule has 0 bridgehead atoms. The number of hydrogen-bond donors (Lipinski definition) is 1. The van der Waals surface area contributed by atoms with Gasteiger partial charge in [-0.15, -0.1) is 0 Å². The van der Waals surface area contributed by atoms with E-state index in [0.717, 1.165) is 42.3 Å². The van der Waals surface area contributed by atoms with E-state index in [4.69, 9.17) is 9.72 Å². The monoisotopic (exact) mass is 418 g/mol. The minimum Gasteiger partial charge on any atom is -0.497 e. The molecule has 6 nitrogen and oxygen atoms in total. The van der Waals surface area contributed by atoms with Crippen LogP contribution in [-0.4, -0.2) is 41.7 Å². The van der Waals surface area contributed by atoms with Gasteiger partial charge in [0.15, 0.2) is 0 Å². The minimum absolute atomic E-state index is 0.0707. The van der Waals surface area contributed by atoms with Crippen molar-refractivity contribution in [2.75, 3.05) is 25.1 Å². The maximum Gasteiger partial charge on any atom is 0.224 e. The molecule has 162 valence electrons. The van der Waals surface area contributed by atoms with E-state index >= 15 is 0 Å².